The molecule has 0 saturated carbocycles. The van der Waals surface area contributed by atoms with Crippen LogP contribution < -0.4 is 0 Å². The fourth-order valence-electron chi connectivity index (χ4n) is 3.31. The highest BCUT2D eigenvalue weighted by Crippen LogP contribution is 2.40. The topological polar surface area (TPSA) is 83.9 Å². The van der Waals surface area contributed by atoms with Gasteiger partial charge in [-0.15, -0.1) is 0 Å². The Labute approximate surface area is 159 Å². The maximum absolute atomic E-state index is 12.9. The van der Waals surface area contributed by atoms with Crippen molar-refractivity contribution >= 4 is 24.0 Å². The number of carboxylic acid groups (broad SMARTS) is 1. The number of carbonyl (C=O) groups excluding carboxylic acids is 2. The molecule has 0 unspecified atom stereocenters. The van der Waals surface area contributed by atoms with Gasteiger partial charge in [0.1, 0.15) is 5.60 Å². The molecule has 6 nitrogen and oxygen atoms in total. The fourth-order valence-corrected chi connectivity index (χ4v) is 3.31. The van der Waals surface area contributed by atoms with E-state index in [1.165, 1.54) is 0 Å². The van der Waals surface area contributed by atoms with Crippen molar-refractivity contribution in [3.8, 4) is 0 Å². The van der Waals surface area contributed by atoms with E-state index < -0.39 is 35.0 Å². The molecule has 0 bridgehead atoms. The summed E-state index contributed by atoms with van der Waals surface area (Å²) in [5, 5.41) is 9.80. The van der Waals surface area contributed by atoms with Crippen molar-refractivity contribution in [2.45, 2.75) is 58.1 Å². The molecule has 2 amide bonds. The van der Waals surface area contributed by atoms with E-state index >= 15 is 0 Å². The lowest BCUT2D eigenvalue weighted by molar-refractivity contribution is -0.153. The standard InChI is InChI=1S/C21H27NO5/c1-5-21(18(24)25)14-16(13-9-12-15-10-7-6-8-11-15)17(23)22(21)19(26)27-20(2,3)4/h6-12,16H,5,13-14H2,1-4H3,(H,24,25)/t16-,21-/m0/s1. The number of hydrogen-bond donors (Lipinski definition) is 1. The van der Waals surface area contributed by atoms with Crippen molar-refractivity contribution in [2.24, 2.45) is 5.92 Å². The van der Waals surface area contributed by atoms with Gasteiger partial charge in [-0.05, 0) is 45.6 Å². The van der Waals surface area contributed by atoms with Crippen LogP contribution in [0.1, 0.15) is 52.5 Å². The number of rotatable bonds is 5. The fraction of sp³-hybridized carbons (Fsp3) is 0.476. The molecule has 2 atom stereocenters. The van der Waals surface area contributed by atoms with Gasteiger partial charge >= 0.3 is 12.1 Å². The van der Waals surface area contributed by atoms with Crippen molar-refractivity contribution in [1.82, 2.24) is 4.90 Å². The van der Waals surface area contributed by atoms with E-state index in [0.717, 1.165) is 10.5 Å². The van der Waals surface area contributed by atoms with Crippen molar-refractivity contribution in [3.05, 3.63) is 42.0 Å². The zero-order chi connectivity index (χ0) is 20.2. The van der Waals surface area contributed by atoms with Crippen LogP contribution in [0.15, 0.2) is 36.4 Å². The molecule has 1 aromatic carbocycles. The summed E-state index contributed by atoms with van der Waals surface area (Å²) >= 11 is 0. The van der Waals surface area contributed by atoms with Gasteiger partial charge in [0.2, 0.25) is 5.91 Å². The van der Waals surface area contributed by atoms with Gasteiger partial charge in [-0.2, -0.15) is 0 Å². The van der Waals surface area contributed by atoms with Crippen LogP contribution in [0.5, 0.6) is 0 Å². The van der Waals surface area contributed by atoms with Crippen molar-refractivity contribution < 1.29 is 24.2 Å². The normalized spacial score (nSPS) is 23.0. The van der Waals surface area contributed by atoms with Crippen molar-refractivity contribution in [1.29, 1.82) is 0 Å². The van der Waals surface area contributed by atoms with Crippen LogP contribution in [0.4, 0.5) is 4.79 Å². The third kappa shape index (κ3) is 4.56. The zero-order valence-electron chi connectivity index (χ0n) is 16.3. The second kappa shape index (κ2) is 7.94. The molecule has 1 N–H and O–H groups in total. The Morgan fingerprint density at radius 3 is 2.44 bits per heavy atom. The van der Waals surface area contributed by atoms with E-state index in [9.17, 15) is 19.5 Å². The number of carboxylic acids is 1. The quantitative estimate of drug-likeness (QED) is 0.840. The highest BCUT2D eigenvalue weighted by molar-refractivity contribution is 6.02. The Balaban J connectivity index is 2.24. The van der Waals surface area contributed by atoms with Gasteiger partial charge in [0.15, 0.2) is 5.54 Å². The lowest BCUT2D eigenvalue weighted by Crippen LogP contribution is -2.55. The molecule has 6 heteroatoms. The first kappa shape index (κ1) is 20.7. The average molecular weight is 373 g/mol. The summed E-state index contributed by atoms with van der Waals surface area (Å²) in [4.78, 5) is 38.3. The Bertz CT molecular complexity index is 735. The minimum Gasteiger partial charge on any atom is -0.479 e. The average Bonchev–Trinajstić information content (AvgIpc) is 2.88. The smallest absolute Gasteiger partial charge is 0.418 e. The highest BCUT2D eigenvalue weighted by Gasteiger charge is 2.58. The summed E-state index contributed by atoms with van der Waals surface area (Å²) in [5.74, 6) is -2.25. The van der Waals surface area contributed by atoms with Crippen LogP contribution in [-0.4, -0.2) is 39.1 Å². The Hall–Kier alpha value is -2.63. The van der Waals surface area contributed by atoms with Crippen molar-refractivity contribution in [3.63, 3.8) is 0 Å². The molecule has 27 heavy (non-hydrogen) atoms. The molecule has 0 aromatic heterocycles. The van der Waals surface area contributed by atoms with Gasteiger partial charge in [0.05, 0.1) is 0 Å². The number of likely N-dealkylation sites (tertiary alicyclic amines) is 1. The molecular formula is C21H27NO5. The van der Waals surface area contributed by atoms with Crippen LogP contribution in [-0.2, 0) is 14.3 Å². The predicted molar refractivity (Wildman–Crippen MR) is 102 cm³/mol. The van der Waals surface area contributed by atoms with E-state index in [0.29, 0.717) is 6.42 Å². The third-order valence-corrected chi connectivity index (χ3v) is 4.67. The van der Waals surface area contributed by atoms with Gasteiger partial charge in [0.25, 0.3) is 0 Å². The number of ether oxygens (including phenoxy) is 1. The summed E-state index contributed by atoms with van der Waals surface area (Å²) < 4.78 is 5.31. The van der Waals surface area contributed by atoms with Crippen LogP contribution in [0, 0.1) is 5.92 Å². The third-order valence-electron chi connectivity index (χ3n) is 4.67. The number of carbonyl (C=O) groups is 3. The van der Waals surface area contributed by atoms with E-state index in [-0.39, 0.29) is 12.8 Å². The minimum atomic E-state index is -1.56. The Morgan fingerprint density at radius 2 is 1.93 bits per heavy atom. The molecule has 1 saturated heterocycles. The molecule has 1 heterocycles. The number of nitrogens with zero attached hydrogens (tertiary/aromatic N) is 1. The van der Waals surface area contributed by atoms with Crippen LogP contribution >= 0.6 is 0 Å². The van der Waals surface area contributed by atoms with Crippen LogP contribution in [0.3, 0.4) is 0 Å². The summed E-state index contributed by atoms with van der Waals surface area (Å²) in [6.07, 6.45) is 3.41. The van der Waals surface area contributed by atoms with Crippen LogP contribution in [0.2, 0.25) is 0 Å². The number of benzene rings is 1. The molecule has 1 aliphatic heterocycles. The highest BCUT2D eigenvalue weighted by atomic mass is 16.6. The lowest BCUT2D eigenvalue weighted by atomic mass is 9.88. The molecule has 1 fully saturated rings. The monoisotopic (exact) mass is 373 g/mol. The first-order valence-electron chi connectivity index (χ1n) is 9.13. The molecule has 146 valence electrons. The maximum atomic E-state index is 12.9. The molecule has 0 radical (unpaired) electrons. The summed E-state index contributed by atoms with van der Waals surface area (Å²) in [5.41, 5.74) is -1.39. The van der Waals surface area contributed by atoms with E-state index in [2.05, 4.69) is 0 Å². The Morgan fingerprint density at radius 1 is 1.30 bits per heavy atom. The van der Waals surface area contributed by atoms with Crippen LogP contribution in [0.25, 0.3) is 6.08 Å². The second-order valence-corrected chi connectivity index (χ2v) is 7.79. The van der Waals surface area contributed by atoms with Crippen molar-refractivity contribution in [2.75, 3.05) is 0 Å². The van der Waals surface area contributed by atoms with E-state index in [4.69, 9.17) is 4.74 Å². The molecule has 0 spiro atoms. The Kier molecular flexibility index (Phi) is 6.08. The molecule has 2 rings (SSSR count). The lowest BCUT2D eigenvalue weighted by Gasteiger charge is -2.33. The number of amides is 2. The summed E-state index contributed by atoms with van der Waals surface area (Å²) in [6.45, 7) is 6.71. The van der Waals surface area contributed by atoms with Gasteiger partial charge in [-0.3, -0.25) is 4.79 Å². The second-order valence-electron chi connectivity index (χ2n) is 7.79. The largest absolute Gasteiger partial charge is 0.479 e. The van der Waals surface area contributed by atoms with Gasteiger partial charge in [-0.25, -0.2) is 14.5 Å². The SMILES string of the molecule is CC[C@@]1(C(=O)O)C[C@H](CC=Cc2ccccc2)C(=O)N1C(=O)OC(C)(C)C. The van der Waals surface area contributed by atoms with E-state index in [1.807, 2.05) is 42.5 Å². The maximum Gasteiger partial charge on any atom is 0.418 e. The number of imide groups is 1. The summed E-state index contributed by atoms with van der Waals surface area (Å²) in [7, 11) is 0. The number of aliphatic carboxylic acids is 1. The van der Waals surface area contributed by atoms with Gasteiger partial charge < -0.3 is 9.84 Å². The molecule has 1 aliphatic rings. The molecule has 1 aromatic rings. The number of allylic oxidation sites excluding steroid dienone is 1. The summed E-state index contributed by atoms with van der Waals surface area (Å²) in [6, 6.07) is 9.62. The zero-order valence-corrected chi connectivity index (χ0v) is 16.3. The first-order chi connectivity index (χ1) is 12.6. The molecular weight excluding hydrogens is 346 g/mol. The predicted octanol–water partition coefficient (Wildman–Crippen LogP) is 4.11. The first-order valence-corrected chi connectivity index (χ1v) is 9.13. The number of hydrogen-bond acceptors (Lipinski definition) is 4. The van der Waals surface area contributed by atoms with E-state index in [1.54, 1.807) is 27.7 Å². The van der Waals surface area contributed by atoms with Gasteiger partial charge in [-0.1, -0.05) is 49.4 Å². The minimum absolute atomic E-state index is 0.0794. The molecule has 0 aliphatic carbocycles. The van der Waals surface area contributed by atoms with Gasteiger partial charge in [0, 0.05) is 5.92 Å².